The van der Waals surface area contributed by atoms with Gasteiger partial charge >= 0.3 is 0 Å². The minimum atomic E-state index is 1.23. The Labute approximate surface area is 109 Å². The maximum absolute atomic E-state index is 3.64. The molecule has 0 aliphatic heterocycles. The summed E-state index contributed by atoms with van der Waals surface area (Å²) in [7, 11) is 0. The molecule has 0 atom stereocenters. The van der Waals surface area contributed by atoms with E-state index in [1.165, 1.54) is 11.1 Å². The molecular formula is C17H30. The van der Waals surface area contributed by atoms with Crippen molar-refractivity contribution in [1.82, 2.24) is 0 Å². The van der Waals surface area contributed by atoms with Crippen LogP contribution in [-0.2, 0) is 0 Å². The van der Waals surface area contributed by atoms with Crippen LogP contribution >= 0.6 is 0 Å². The van der Waals surface area contributed by atoms with Gasteiger partial charge in [-0.2, -0.15) is 0 Å². The summed E-state index contributed by atoms with van der Waals surface area (Å²) in [6.45, 7) is 17.8. The van der Waals surface area contributed by atoms with Gasteiger partial charge in [-0.05, 0) is 31.9 Å². The molecule has 0 aromatic carbocycles. The Morgan fingerprint density at radius 3 is 1.82 bits per heavy atom. The number of hydrogen-bond donors (Lipinski definition) is 0. The van der Waals surface area contributed by atoms with Crippen molar-refractivity contribution in [2.24, 2.45) is 0 Å². The van der Waals surface area contributed by atoms with Gasteiger partial charge in [0.25, 0.3) is 0 Å². The lowest BCUT2D eigenvalue weighted by atomic mass is 10.1. The zero-order valence-electron chi connectivity index (χ0n) is 12.7. The van der Waals surface area contributed by atoms with Crippen molar-refractivity contribution < 1.29 is 0 Å². The monoisotopic (exact) mass is 234 g/mol. The van der Waals surface area contributed by atoms with Gasteiger partial charge in [-0.3, -0.25) is 0 Å². The fraction of sp³-hybridized carbons (Fsp3) is 0.412. The van der Waals surface area contributed by atoms with Crippen LogP contribution in [0.25, 0.3) is 0 Å². The summed E-state index contributed by atoms with van der Waals surface area (Å²) < 4.78 is 0. The lowest BCUT2D eigenvalue weighted by Crippen LogP contribution is -1.79. The van der Waals surface area contributed by atoms with Crippen molar-refractivity contribution in [2.75, 3.05) is 0 Å². The van der Waals surface area contributed by atoms with Gasteiger partial charge in [0.2, 0.25) is 0 Å². The quantitative estimate of drug-likeness (QED) is 0.504. The second-order valence-corrected chi connectivity index (χ2v) is 2.71. The molecule has 0 N–H and O–H groups in total. The van der Waals surface area contributed by atoms with E-state index in [1.54, 1.807) is 6.08 Å². The number of rotatable bonds is 4. The molecule has 0 aliphatic rings. The average molecular weight is 234 g/mol. The lowest BCUT2D eigenvalue weighted by molar-refractivity contribution is 1.40. The molecule has 0 rings (SSSR count). The molecule has 0 unspecified atom stereocenters. The first kappa shape index (κ1) is 21.0. The Balaban J connectivity index is -0.000000439. The second-order valence-electron chi connectivity index (χ2n) is 2.71. The van der Waals surface area contributed by atoms with Crippen LogP contribution in [-0.4, -0.2) is 0 Å². The molecule has 98 valence electrons. The van der Waals surface area contributed by atoms with Crippen molar-refractivity contribution in [2.45, 2.75) is 48.5 Å². The molecule has 0 bridgehead atoms. The Bertz CT molecular complexity index is 260. The summed E-state index contributed by atoms with van der Waals surface area (Å²) in [6, 6.07) is 0. The summed E-state index contributed by atoms with van der Waals surface area (Å²) >= 11 is 0. The average Bonchev–Trinajstić information content (AvgIpc) is 2.41. The van der Waals surface area contributed by atoms with E-state index in [0.717, 1.165) is 0 Å². The highest BCUT2D eigenvalue weighted by Crippen LogP contribution is 2.10. The molecule has 0 spiro atoms. The van der Waals surface area contributed by atoms with Crippen molar-refractivity contribution in [3.63, 3.8) is 0 Å². The van der Waals surface area contributed by atoms with E-state index in [-0.39, 0.29) is 0 Å². The van der Waals surface area contributed by atoms with Crippen molar-refractivity contribution in [1.29, 1.82) is 0 Å². The van der Waals surface area contributed by atoms with Gasteiger partial charge in [-0.1, -0.05) is 76.8 Å². The van der Waals surface area contributed by atoms with E-state index < -0.39 is 0 Å². The van der Waals surface area contributed by atoms with Crippen molar-refractivity contribution >= 4 is 0 Å². The summed E-state index contributed by atoms with van der Waals surface area (Å²) in [5, 5.41) is 0. The summed E-state index contributed by atoms with van der Waals surface area (Å²) in [4.78, 5) is 0. The second kappa shape index (κ2) is 20.2. The van der Waals surface area contributed by atoms with Gasteiger partial charge in [-0.15, -0.1) is 0 Å². The molecule has 0 aliphatic carbocycles. The first-order valence-electron chi connectivity index (χ1n) is 6.51. The molecule has 0 aromatic heterocycles. The molecule has 0 saturated carbocycles. The Morgan fingerprint density at radius 2 is 1.47 bits per heavy atom. The predicted octanol–water partition coefficient (Wildman–Crippen LogP) is 6.25. The Morgan fingerprint density at radius 1 is 0.941 bits per heavy atom. The van der Waals surface area contributed by atoms with E-state index in [4.69, 9.17) is 0 Å². The summed E-state index contributed by atoms with van der Waals surface area (Å²) in [5.41, 5.74) is 2.50. The fourth-order valence-corrected chi connectivity index (χ4v) is 0.964. The highest BCUT2D eigenvalue weighted by Gasteiger charge is 1.90. The predicted molar refractivity (Wildman–Crippen MR) is 84.4 cm³/mol. The van der Waals surface area contributed by atoms with E-state index in [0.29, 0.717) is 0 Å². The minimum Gasteiger partial charge on any atom is -0.0991 e. The van der Waals surface area contributed by atoms with Crippen molar-refractivity contribution in [3.05, 3.63) is 60.3 Å². The Kier molecular flexibility index (Phi) is 24.9. The largest absolute Gasteiger partial charge is 0.0991 e. The van der Waals surface area contributed by atoms with Gasteiger partial charge in [0.1, 0.15) is 0 Å². The SMILES string of the molecule is C=C\C=C/C(=C/C)C(/C)=C\C=C/C.CC.CC. The first-order chi connectivity index (χ1) is 8.26. The van der Waals surface area contributed by atoms with Crippen LogP contribution in [0, 0.1) is 0 Å². The van der Waals surface area contributed by atoms with E-state index >= 15 is 0 Å². The molecule has 0 heterocycles. The third-order valence-corrected chi connectivity index (χ3v) is 1.72. The topological polar surface area (TPSA) is 0 Å². The van der Waals surface area contributed by atoms with Crippen molar-refractivity contribution in [3.8, 4) is 0 Å². The van der Waals surface area contributed by atoms with Crippen LogP contribution < -0.4 is 0 Å². The molecule has 0 amide bonds. The summed E-state index contributed by atoms with van der Waals surface area (Å²) in [6.07, 6.45) is 14.0. The normalized spacial score (nSPS) is 11.7. The van der Waals surface area contributed by atoms with Gasteiger partial charge < -0.3 is 0 Å². The van der Waals surface area contributed by atoms with Crippen LogP contribution in [0.2, 0.25) is 0 Å². The van der Waals surface area contributed by atoms with Crippen LogP contribution in [0.4, 0.5) is 0 Å². The first-order valence-corrected chi connectivity index (χ1v) is 6.51. The molecule has 17 heavy (non-hydrogen) atoms. The van der Waals surface area contributed by atoms with E-state index in [9.17, 15) is 0 Å². The molecule has 0 heteroatoms. The van der Waals surface area contributed by atoms with Gasteiger partial charge in [0.15, 0.2) is 0 Å². The maximum atomic E-state index is 3.64. The molecule has 0 radical (unpaired) electrons. The standard InChI is InChI=1S/C13H18.2C2H6/c1-5-8-10-12(4)13(7-3)11-9-6-2;2*1-2/h5-11H,2H2,1,3-4H3;2*1-2H3/b8-5-,11-9-,12-10-,13-7-;;. The highest BCUT2D eigenvalue weighted by molar-refractivity contribution is 5.40. The molecule has 0 nitrogen and oxygen atoms in total. The van der Waals surface area contributed by atoms with Crippen LogP contribution in [0.3, 0.4) is 0 Å². The smallest absolute Gasteiger partial charge is 0.0270 e. The van der Waals surface area contributed by atoms with Gasteiger partial charge in [0.05, 0.1) is 0 Å². The summed E-state index contributed by atoms with van der Waals surface area (Å²) in [5.74, 6) is 0. The zero-order chi connectivity index (χ0) is 14.1. The minimum absolute atomic E-state index is 1.23. The fourth-order valence-electron chi connectivity index (χ4n) is 0.964. The van der Waals surface area contributed by atoms with Gasteiger partial charge in [0, 0.05) is 0 Å². The lowest BCUT2D eigenvalue weighted by Gasteiger charge is -1.99. The highest BCUT2D eigenvalue weighted by atomic mass is 14.0. The number of hydrogen-bond acceptors (Lipinski definition) is 0. The van der Waals surface area contributed by atoms with Crippen LogP contribution in [0.1, 0.15) is 48.5 Å². The van der Waals surface area contributed by atoms with Crippen LogP contribution in [0.5, 0.6) is 0 Å². The third-order valence-electron chi connectivity index (χ3n) is 1.72. The zero-order valence-corrected chi connectivity index (χ0v) is 12.7. The Hall–Kier alpha value is -1.30. The van der Waals surface area contributed by atoms with Crippen LogP contribution in [0.15, 0.2) is 60.3 Å². The van der Waals surface area contributed by atoms with Gasteiger partial charge in [-0.25, -0.2) is 0 Å². The molecule has 0 fully saturated rings. The molecule has 0 aromatic rings. The number of allylic oxidation sites excluding steroid dienone is 9. The molecule has 0 saturated heterocycles. The van der Waals surface area contributed by atoms with E-state index in [2.05, 4.69) is 31.7 Å². The third kappa shape index (κ3) is 14.7. The van der Waals surface area contributed by atoms with E-state index in [1.807, 2.05) is 59.8 Å². The molecular weight excluding hydrogens is 204 g/mol. The maximum Gasteiger partial charge on any atom is -0.0270 e.